The summed E-state index contributed by atoms with van der Waals surface area (Å²) < 4.78 is 16.1. The Kier molecular flexibility index (Phi) is 5.64. The molecule has 1 amide bonds. The van der Waals surface area contributed by atoms with Crippen molar-refractivity contribution in [2.45, 2.75) is 18.8 Å². The lowest BCUT2D eigenvalue weighted by atomic mass is 10.2. The molecule has 1 heterocycles. The molecule has 0 spiro atoms. The number of rotatable bonds is 7. The molecule has 0 unspecified atom stereocenters. The number of carbonyl (C=O) groups is 2. The zero-order chi connectivity index (χ0) is 17.5. The number of esters is 1. The molecular formula is C19H19NO5. The first-order chi connectivity index (χ1) is 12.2. The van der Waals surface area contributed by atoms with Crippen molar-refractivity contribution in [3.8, 4) is 0 Å². The lowest BCUT2D eigenvalue weighted by molar-refractivity contribution is 0.0119. The van der Waals surface area contributed by atoms with E-state index in [1.54, 1.807) is 24.3 Å². The molecule has 130 valence electrons. The van der Waals surface area contributed by atoms with Gasteiger partial charge >= 0.3 is 12.1 Å². The summed E-state index contributed by atoms with van der Waals surface area (Å²) in [6, 6.07) is 18.0. The average Bonchev–Trinajstić information content (AvgIpc) is 3.01. The van der Waals surface area contributed by atoms with Crippen LogP contribution in [-0.2, 0) is 20.8 Å². The van der Waals surface area contributed by atoms with E-state index in [0.29, 0.717) is 12.2 Å². The van der Waals surface area contributed by atoms with E-state index in [-0.39, 0.29) is 13.2 Å². The first-order valence-corrected chi connectivity index (χ1v) is 8.03. The minimum Gasteiger partial charge on any atom is -0.460 e. The smallest absolute Gasteiger partial charge is 0.408 e. The van der Waals surface area contributed by atoms with Crippen LogP contribution in [-0.4, -0.2) is 37.4 Å². The number of alkyl carbamates (subject to hydrolysis) is 1. The van der Waals surface area contributed by atoms with Crippen LogP contribution in [0.1, 0.15) is 15.9 Å². The molecule has 2 aromatic carbocycles. The SMILES string of the molecule is O=C1N[C@H](COC(=O)c2ccccc2)[C@@H](COCc2ccccc2)O1. The van der Waals surface area contributed by atoms with Gasteiger partial charge in [-0.1, -0.05) is 48.5 Å². The highest BCUT2D eigenvalue weighted by Crippen LogP contribution is 2.12. The van der Waals surface area contributed by atoms with Crippen LogP contribution in [0, 0.1) is 0 Å². The molecule has 0 aliphatic carbocycles. The number of amides is 1. The fourth-order valence-corrected chi connectivity index (χ4v) is 2.49. The predicted molar refractivity (Wildman–Crippen MR) is 90.0 cm³/mol. The zero-order valence-corrected chi connectivity index (χ0v) is 13.6. The minimum atomic E-state index is -0.533. The molecule has 25 heavy (non-hydrogen) atoms. The van der Waals surface area contributed by atoms with Gasteiger partial charge in [0.2, 0.25) is 0 Å². The van der Waals surface area contributed by atoms with Crippen molar-refractivity contribution in [2.24, 2.45) is 0 Å². The Morgan fingerprint density at radius 2 is 1.68 bits per heavy atom. The molecule has 2 aromatic rings. The number of carbonyl (C=O) groups excluding carboxylic acids is 2. The fourth-order valence-electron chi connectivity index (χ4n) is 2.49. The van der Waals surface area contributed by atoms with Crippen LogP contribution in [0.2, 0.25) is 0 Å². The normalized spacial score (nSPS) is 19.1. The fraction of sp³-hybridized carbons (Fsp3) is 0.263. The predicted octanol–water partition coefficient (Wildman–Crippen LogP) is 2.54. The van der Waals surface area contributed by atoms with Crippen molar-refractivity contribution in [1.82, 2.24) is 5.32 Å². The van der Waals surface area contributed by atoms with E-state index in [9.17, 15) is 9.59 Å². The molecule has 0 aromatic heterocycles. The van der Waals surface area contributed by atoms with Crippen molar-refractivity contribution < 1.29 is 23.8 Å². The zero-order valence-electron chi connectivity index (χ0n) is 13.6. The molecule has 0 radical (unpaired) electrons. The molecule has 0 saturated carbocycles. The van der Waals surface area contributed by atoms with E-state index in [2.05, 4.69) is 5.32 Å². The van der Waals surface area contributed by atoms with Crippen LogP contribution in [0.5, 0.6) is 0 Å². The van der Waals surface area contributed by atoms with E-state index in [1.165, 1.54) is 0 Å². The molecule has 1 aliphatic heterocycles. The quantitative estimate of drug-likeness (QED) is 0.784. The van der Waals surface area contributed by atoms with E-state index in [0.717, 1.165) is 5.56 Å². The van der Waals surface area contributed by atoms with Crippen LogP contribution in [0.4, 0.5) is 4.79 Å². The first-order valence-electron chi connectivity index (χ1n) is 8.03. The van der Waals surface area contributed by atoms with Gasteiger partial charge in [0.25, 0.3) is 0 Å². The Balaban J connectivity index is 1.48. The monoisotopic (exact) mass is 341 g/mol. The lowest BCUT2D eigenvalue weighted by Crippen LogP contribution is -2.39. The van der Waals surface area contributed by atoms with Gasteiger partial charge in [-0.25, -0.2) is 9.59 Å². The van der Waals surface area contributed by atoms with Crippen LogP contribution < -0.4 is 5.32 Å². The third-order valence-electron chi connectivity index (χ3n) is 3.81. The average molecular weight is 341 g/mol. The largest absolute Gasteiger partial charge is 0.460 e. The second kappa shape index (κ2) is 8.30. The van der Waals surface area contributed by atoms with Gasteiger partial charge in [-0.15, -0.1) is 0 Å². The Morgan fingerprint density at radius 1 is 1.00 bits per heavy atom. The van der Waals surface area contributed by atoms with E-state index in [4.69, 9.17) is 14.2 Å². The molecule has 1 saturated heterocycles. The summed E-state index contributed by atoms with van der Waals surface area (Å²) >= 11 is 0. The Bertz CT molecular complexity index is 704. The van der Waals surface area contributed by atoms with Crippen molar-refractivity contribution in [3.63, 3.8) is 0 Å². The Labute approximate surface area is 145 Å². The lowest BCUT2D eigenvalue weighted by Gasteiger charge is -2.17. The maximum absolute atomic E-state index is 12.0. The first kappa shape index (κ1) is 17.0. The van der Waals surface area contributed by atoms with Crippen LogP contribution in [0.25, 0.3) is 0 Å². The van der Waals surface area contributed by atoms with Gasteiger partial charge in [0.05, 0.1) is 18.8 Å². The molecule has 1 fully saturated rings. The summed E-state index contributed by atoms with van der Waals surface area (Å²) in [5.41, 5.74) is 1.50. The molecule has 3 rings (SSSR count). The summed E-state index contributed by atoms with van der Waals surface area (Å²) in [4.78, 5) is 23.5. The Morgan fingerprint density at radius 3 is 2.40 bits per heavy atom. The number of nitrogens with one attached hydrogen (secondary N) is 1. The highest BCUT2D eigenvalue weighted by molar-refractivity contribution is 5.89. The van der Waals surface area contributed by atoms with E-state index >= 15 is 0 Å². The van der Waals surface area contributed by atoms with Crippen molar-refractivity contribution in [3.05, 3.63) is 71.8 Å². The number of hydrogen-bond acceptors (Lipinski definition) is 5. The van der Waals surface area contributed by atoms with Crippen molar-refractivity contribution in [2.75, 3.05) is 13.2 Å². The number of benzene rings is 2. The highest BCUT2D eigenvalue weighted by atomic mass is 16.6. The summed E-state index contributed by atoms with van der Waals surface area (Å²) in [6.45, 7) is 0.672. The second-order valence-electron chi connectivity index (χ2n) is 5.66. The van der Waals surface area contributed by atoms with Gasteiger partial charge in [0.15, 0.2) is 6.10 Å². The third-order valence-corrected chi connectivity index (χ3v) is 3.81. The minimum absolute atomic E-state index is 0.0266. The van der Waals surface area contributed by atoms with Gasteiger partial charge in [-0.3, -0.25) is 0 Å². The molecular weight excluding hydrogens is 322 g/mol. The third kappa shape index (κ3) is 4.81. The van der Waals surface area contributed by atoms with Gasteiger partial charge in [0, 0.05) is 0 Å². The topological polar surface area (TPSA) is 73.9 Å². The van der Waals surface area contributed by atoms with E-state index < -0.39 is 24.2 Å². The standard InChI is InChI=1S/C19H19NO5/c21-18(15-9-5-2-6-10-15)24-12-16-17(25-19(22)20-16)13-23-11-14-7-3-1-4-8-14/h1-10,16-17H,11-13H2,(H,20,22)/t16-,17-/m1/s1. The van der Waals surface area contributed by atoms with Gasteiger partial charge < -0.3 is 19.5 Å². The van der Waals surface area contributed by atoms with Crippen molar-refractivity contribution >= 4 is 12.1 Å². The molecule has 1 N–H and O–H groups in total. The maximum Gasteiger partial charge on any atom is 0.408 e. The summed E-state index contributed by atoms with van der Waals surface area (Å²) in [6.07, 6.45) is -1.03. The van der Waals surface area contributed by atoms with Crippen LogP contribution in [0.3, 0.4) is 0 Å². The molecule has 1 aliphatic rings. The molecule has 2 atom stereocenters. The van der Waals surface area contributed by atoms with Gasteiger partial charge in [-0.05, 0) is 17.7 Å². The van der Waals surface area contributed by atoms with E-state index in [1.807, 2.05) is 36.4 Å². The molecule has 6 heteroatoms. The number of hydrogen-bond donors (Lipinski definition) is 1. The summed E-state index contributed by atoms with van der Waals surface area (Å²) in [7, 11) is 0. The van der Waals surface area contributed by atoms with Crippen LogP contribution >= 0.6 is 0 Å². The molecule has 6 nitrogen and oxygen atoms in total. The van der Waals surface area contributed by atoms with Crippen LogP contribution in [0.15, 0.2) is 60.7 Å². The van der Waals surface area contributed by atoms with Gasteiger partial charge in [0.1, 0.15) is 12.6 Å². The summed E-state index contributed by atoms with van der Waals surface area (Å²) in [5, 5.41) is 2.64. The number of ether oxygens (including phenoxy) is 3. The van der Waals surface area contributed by atoms with Crippen molar-refractivity contribution in [1.29, 1.82) is 0 Å². The molecule has 0 bridgehead atoms. The maximum atomic E-state index is 12.0. The number of cyclic esters (lactones) is 1. The summed E-state index contributed by atoms with van der Waals surface area (Å²) in [5.74, 6) is -0.439. The highest BCUT2D eigenvalue weighted by Gasteiger charge is 2.35. The Hall–Kier alpha value is -2.86. The van der Waals surface area contributed by atoms with Gasteiger partial charge in [-0.2, -0.15) is 0 Å². The second-order valence-corrected chi connectivity index (χ2v) is 5.66.